The van der Waals surface area contributed by atoms with Crippen molar-refractivity contribution in [2.45, 2.75) is 0 Å². The number of rotatable bonds is 2. The molecule has 0 aliphatic heterocycles. The number of ether oxygens (including phenoxy) is 1. The number of hydrogen-bond acceptors (Lipinski definition) is 3. The molecule has 0 bridgehead atoms. The Morgan fingerprint density at radius 3 is 2.39 bits per heavy atom. The lowest BCUT2D eigenvalue weighted by molar-refractivity contribution is 0.0601. The molecule has 0 spiro atoms. The SMILES string of the molecule is COC(=O)c1cc(Cl)c(-c2ccccn2)c(Cl)c1. The Labute approximate surface area is 114 Å². The fourth-order valence-corrected chi connectivity index (χ4v) is 2.24. The van der Waals surface area contributed by atoms with Crippen LogP contribution in [0.2, 0.25) is 10.0 Å². The molecule has 2 rings (SSSR count). The summed E-state index contributed by atoms with van der Waals surface area (Å²) in [6.07, 6.45) is 1.65. The first-order chi connectivity index (χ1) is 8.63. The lowest BCUT2D eigenvalue weighted by Gasteiger charge is -2.08. The third-order valence-corrected chi connectivity index (χ3v) is 2.98. The number of methoxy groups -OCH3 is 1. The first-order valence-electron chi connectivity index (χ1n) is 5.12. The van der Waals surface area contributed by atoms with Crippen LogP contribution in [0.3, 0.4) is 0 Å². The van der Waals surface area contributed by atoms with Crippen LogP contribution >= 0.6 is 23.2 Å². The molecule has 0 aliphatic rings. The van der Waals surface area contributed by atoms with Crippen LogP contribution in [0.4, 0.5) is 0 Å². The first kappa shape index (κ1) is 12.9. The summed E-state index contributed by atoms with van der Waals surface area (Å²) in [7, 11) is 1.30. The van der Waals surface area contributed by atoms with Crippen molar-refractivity contribution in [2.75, 3.05) is 7.11 Å². The van der Waals surface area contributed by atoms with E-state index in [0.29, 0.717) is 26.9 Å². The lowest BCUT2D eigenvalue weighted by Crippen LogP contribution is -2.01. The maximum absolute atomic E-state index is 11.4. The molecule has 1 aromatic carbocycles. The number of carbonyl (C=O) groups excluding carboxylic acids is 1. The quantitative estimate of drug-likeness (QED) is 0.785. The van der Waals surface area contributed by atoms with Crippen molar-refractivity contribution in [1.82, 2.24) is 4.98 Å². The molecular formula is C13H9Cl2NO2. The van der Waals surface area contributed by atoms with E-state index in [1.165, 1.54) is 19.2 Å². The summed E-state index contributed by atoms with van der Waals surface area (Å²) >= 11 is 12.3. The average Bonchev–Trinajstić information content (AvgIpc) is 2.38. The van der Waals surface area contributed by atoms with Gasteiger partial charge in [-0.3, -0.25) is 4.98 Å². The van der Waals surface area contributed by atoms with Crippen molar-refractivity contribution < 1.29 is 9.53 Å². The van der Waals surface area contributed by atoms with E-state index in [2.05, 4.69) is 9.72 Å². The Hall–Kier alpha value is -1.58. The molecule has 0 amide bonds. The molecule has 0 N–H and O–H groups in total. The molecule has 1 heterocycles. The molecule has 5 heteroatoms. The van der Waals surface area contributed by atoms with Gasteiger partial charge in [0.15, 0.2) is 0 Å². The second-order valence-corrected chi connectivity index (χ2v) is 4.34. The number of nitrogens with zero attached hydrogens (tertiary/aromatic N) is 1. The Morgan fingerprint density at radius 1 is 1.22 bits per heavy atom. The molecule has 0 atom stereocenters. The molecule has 1 aromatic heterocycles. The van der Waals surface area contributed by atoms with Crippen molar-refractivity contribution >= 4 is 29.2 Å². The second kappa shape index (κ2) is 5.38. The zero-order chi connectivity index (χ0) is 13.1. The van der Waals surface area contributed by atoms with Gasteiger partial charge in [0.25, 0.3) is 0 Å². The number of aromatic nitrogens is 1. The van der Waals surface area contributed by atoms with Gasteiger partial charge in [-0.05, 0) is 24.3 Å². The van der Waals surface area contributed by atoms with Gasteiger partial charge in [-0.1, -0.05) is 29.3 Å². The number of pyridine rings is 1. The summed E-state index contributed by atoms with van der Waals surface area (Å²) in [4.78, 5) is 15.6. The highest BCUT2D eigenvalue weighted by atomic mass is 35.5. The summed E-state index contributed by atoms with van der Waals surface area (Å²) in [5.74, 6) is -0.480. The highest BCUT2D eigenvalue weighted by Gasteiger charge is 2.15. The van der Waals surface area contributed by atoms with Crippen LogP contribution in [-0.2, 0) is 4.74 Å². The molecule has 0 saturated carbocycles. The van der Waals surface area contributed by atoms with E-state index in [1.807, 2.05) is 6.07 Å². The van der Waals surface area contributed by atoms with Crippen LogP contribution in [-0.4, -0.2) is 18.1 Å². The monoisotopic (exact) mass is 281 g/mol. The predicted molar refractivity (Wildman–Crippen MR) is 71.0 cm³/mol. The Morgan fingerprint density at radius 2 is 1.89 bits per heavy atom. The van der Waals surface area contributed by atoms with E-state index in [9.17, 15) is 4.79 Å². The van der Waals surface area contributed by atoms with E-state index in [0.717, 1.165) is 0 Å². The minimum Gasteiger partial charge on any atom is -0.465 e. The fraction of sp³-hybridized carbons (Fsp3) is 0.0769. The van der Waals surface area contributed by atoms with Crippen molar-refractivity contribution in [3.05, 3.63) is 52.1 Å². The highest BCUT2D eigenvalue weighted by molar-refractivity contribution is 6.39. The molecule has 0 unspecified atom stereocenters. The van der Waals surface area contributed by atoms with Gasteiger partial charge in [-0.2, -0.15) is 0 Å². The van der Waals surface area contributed by atoms with E-state index < -0.39 is 5.97 Å². The van der Waals surface area contributed by atoms with Gasteiger partial charge in [-0.25, -0.2) is 4.79 Å². The minimum atomic E-state index is -0.480. The highest BCUT2D eigenvalue weighted by Crippen LogP contribution is 2.34. The van der Waals surface area contributed by atoms with Gasteiger partial charge in [-0.15, -0.1) is 0 Å². The smallest absolute Gasteiger partial charge is 0.337 e. The largest absolute Gasteiger partial charge is 0.465 e. The molecule has 2 aromatic rings. The normalized spacial score (nSPS) is 10.2. The number of hydrogen-bond donors (Lipinski definition) is 0. The van der Waals surface area contributed by atoms with Gasteiger partial charge in [0.1, 0.15) is 0 Å². The van der Waals surface area contributed by atoms with Crippen LogP contribution < -0.4 is 0 Å². The van der Waals surface area contributed by atoms with E-state index in [-0.39, 0.29) is 0 Å². The number of halogens is 2. The van der Waals surface area contributed by atoms with E-state index >= 15 is 0 Å². The zero-order valence-electron chi connectivity index (χ0n) is 9.48. The predicted octanol–water partition coefficient (Wildman–Crippen LogP) is 3.84. The fourth-order valence-electron chi connectivity index (χ4n) is 1.56. The molecule has 0 saturated heterocycles. The number of carbonyl (C=O) groups is 1. The maximum Gasteiger partial charge on any atom is 0.337 e. The summed E-state index contributed by atoms with van der Waals surface area (Å²) in [5, 5.41) is 0.725. The average molecular weight is 282 g/mol. The number of benzene rings is 1. The molecule has 0 aliphatic carbocycles. The van der Waals surface area contributed by atoms with Crippen molar-refractivity contribution in [2.24, 2.45) is 0 Å². The third-order valence-electron chi connectivity index (χ3n) is 2.38. The van der Waals surface area contributed by atoms with Crippen molar-refractivity contribution in [3.8, 4) is 11.3 Å². The molecular weight excluding hydrogens is 273 g/mol. The van der Waals surface area contributed by atoms with Crippen LogP contribution in [0.1, 0.15) is 10.4 Å². The standard InChI is InChI=1S/C13H9Cl2NO2/c1-18-13(17)8-6-9(14)12(10(15)7-8)11-4-2-3-5-16-11/h2-7H,1H3. The molecule has 3 nitrogen and oxygen atoms in total. The van der Waals surface area contributed by atoms with E-state index in [4.69, 9.17) is 23.2 Å². The summed E-state index contributed by atoms with van der Waals surface area (Å²) < 4.78 is 4.62. The summed E-state index contributed by atoms with van der Waals surface area (Å²) in [6, 6.07) is 8.47. The molecule has 0 radical (unpaired) electrons. The summed E-state index contributed by atoms with van der Waals surface area (Å²) in [6.45, 7) is 0. The van der Waals surface area contributed by atoms with Crippen LogP contribution in [0.25, 0.3) is 11.3 Å². The zero-order valence-corrected chi connectivity index (χ0v) is 11.0. The Balaban J connectivity index is 2.55. The van der Waals surface area contributed by atoms with Crippen LogP contribution in [0, 0.1) is 0 Å². The van der Waals surface area contributed by atoms with Gasteiger partial charge in [0.05, 0.1) is 28.4 Å². The van der Waals surface area contributed by atoms with Gasteiger partial charge in [0, 0.05) is 11.8 Å². The summed E-state index contributed by atoms with van der Waals surface area (Å²) in [5.41, 5.74) is 1.57. The minimum absolute atomic E-state index is 0.312. The molecule has 92 valence electrons. The topological polar surface area (TPSA) is 39.2 Å². The van der Waals surface area contributed by atoms with E-state index in [1.54, 1.807) is 18.3 Å². The Bertz CT molecular complexity index is 562. The molecule has 0 fully saturated rings. The molecule has 18 heavy (non-hydrogen) atoms. The van der Waals surface area contributed by atoms with Gasteiger partial charge in [0.2, 0.25) is 0 Å². The van der Waals surface area contributed by atoms with Crippen molar-refractivity contribution in [1.29, 1.82) is 0 Å². The first-order valence-corrected chi connectivity index (χ1v) is 5.88. The van der Waals surface area contributed by atoms with Crippen LogP contribution in [0.5, 0.6) is 0 Å². The third kappa shape index (κ3) is 2.47. The Kier molecular flexibility index (Phi) is 3.84. The van der Waals surface area contributed by atoms with Crippen LogP contribution in [0.15, 0.2) is 36.5 Å². The number of esters is 1. The maximum atomic E-state index is 11.4. The second-order valence-electron chi connectivity index (χ2n) is 3.52. The lowest BCUT2D eigenvalue weighted by atomic mass is 10.1. The van der Waals surface area contributed by atoms with Gasteiger partial charge < -0.3 is 4.74 Å². The van der Waals surface area contributed by atoms with Crippen molar-refractivity contribution in [3.63, 3.8) is 0 Å². The van der Waals surface area contributed by atoms with Gasteiger partial charge >= 0.3 is 5.97 Å².